The van der Waals surface area contributed by atoms with Gasteiger partial charge in [-0.15, -0.1) is 0 Å². The summed E-state index contributed by atoms with van der Waals surface area (Å²) in [6, 6.07) is 18.0. The van der Waals surface area contributed by atoms with Gasteiger partial charge in [-0.05, 0) is 35.4 Å². The minimum atomic E-state index is 0.311. The standard InChI is InChI=1S/C19H24BrN3/c1-22(2)18-8-6-15(7-9-18)19(23-12-10-21-11-13-23)16-4-3-5-17(20)14-16/h3-9,14,19,21H,10-13H2,1-2H3. The van der Waals surface area contributed by atoms with E-state index in [4.69, 9.17) is 0 Å². The zero-order valence-corrected chi connectivity index (χ0v) is 15.4. The van der Waals surface area contributed by atoms with Gasteiger partial charge in [0.05, 0.1) is 6.04 Å². The summed E-state index contributed by atoms with van der Waals surface area (Å²) in [5, 5.41) is 3.45. The largest absolute Gasteiger partial charge is 0.378 e. The summed E-state index contributed by atoms with van der Waals surface area (Å²) in [6.07, 6.45) is 0. The van der Waals surface area contributed by atoms with E-state index in [0.29, 0.717) is 6.04 Å². The molecule has 1 atom stereocenters. The number of nitrogens with zero attached hydrogens (tertiary/aromatic N) is 2. The van der Waals surface area contributed by atoms with Crippen LogP contribution in [0.4, 0.5) is 5.69 Å². The third kappa shape index (κ3) is 3.94. The van der Waals surface area contributed by atoms with E-state index in [1.165, 1.54) is 16.8 Å². The second-order valence-corrected chi connectivity index (χ2v) is 7.15. The van der Waals surface area contributed by atoms with Crippen LogP contribution in [-0.4, -0.2) is 45.2 Å². The maximum Gasteiger partial charge on any atom is 0.0603 e. The van der Waals surface area contributed by atoms with Crippen molar-refractivity contribution in [1.29, 1.82) is 0 Å². The van der Waals surface area contributed by atoms with E-state index in [1.54, 1.807) is 0 Å². The van der Waals surface area contributed by atoms with Gasteiger partial charge in [0.2, 0.25) is 0 Å². The van der Waals surface area contributed by atoms with Crippen LogP contribution >= 0.6 is 15.9 Å². The molecule has 4 heteroatoms. The molecule has 0 spiro atoms. The Kier molecular flexibility index (Phi) is 5.36. The summed E-state index contributed by atoms with van der Waals surface area (Å²) < 4.78 is 1.14. The Bertz CT molecular complexity index is 633. The first-order chi connectivity index (χ1) is 11.1. The highest BCUT2D eigenvalue weighted by atomic mass is 79.9. The van der Waals surface area contributed by atoms with Gasteiger partial charge in [-0.3, -0.25) is 4.90 Å². The monoisotopic (exact) mass is 373 g/mol. The lowest BCUT2D eigenvalue weighted by Gasteiger charge is -2.35. The third-order valence-electron chi connectivity index (χ3n) is 4.41. The van der Waals surface area contributed by atoms with Crippen molar-refractivity contribution in [3.8, 4) is 0 Å². The fourth-order valence-corrected chi connectivity index (χ4v) is 3.60. The molecule has 0 amide bonds. The summed E-state index contributed by atoms with van der Waals surface area (Å²) in [7, 11) is 4.16. The second-order valence-electron chi connectivity index (χ2n) is 6.23. The van der Waals surface area contributed by atoms with Crippen molar-refractivity contribution in [2.24, 2.45) is 0 Å². The number of anilines is 1. The Hall–Kier alpha value is -1.36. The highest BCUT2D eigenvalue weighted by molar-refractivity contribution is 9.10. The quantitative estimate of drug-likeness (QED) is 0.884. The molecule has 1 N–H and O–H groups in total. The zero-order valence-electron chi connectivity index (χ0n) is 13.8. The van der Waals surface area contributed by atoms with Gasteiger partial charge >= 0.3 is 0 Å². The molecule has 0 bridgehead atoms. The van der Waals surface area contributed by atoms with Gasteiger partial charge in [0.1, 0.15) is 0 Å². The zero-order chi connectivity index (χ0) is 16.2. The molecule has 3 rings (SSSR count). The lowest BCUT2D eigenvalue weighted by molar-refractivity contribution is 0.198. The fraction of sp³-hybridized carbons (Fsp3) is 0.368. The van der Waals surface area contributed by atoms with Crippen molar-refractivity contribution >= 4 is 21.6 Å². The smallest absolute Gasteiger partial charge is 0.0603 e. The molecule has 23 heavy (non-hydrogen) atoms. The Morgan fingerprint density at radius 2 is 1.70 bits per heavy atom. The maximum absolute atomic E-state index is 3.62. The normalized spacial score (nSPS) is 17.0. The number of hydrogen-bond acceptors (Lipinski definition) is 3. The summed E-state index contributed by atoms with van der Waals surface area (Å²) in [5.74, 6) is 0. The topological polar surface area (TPSA) is 18.5 Å². The van der Waals surface area contributed by atoms with Crippen LogP contribution in [0, 0.1) is 0 Å². The molecule has 3 nitrogen and oxygen atoms in total. The van der Waals surface area contributed by atoms with Gasteiger partial charge in [0.25, 0.3) is 0 Å². The number of halogens is 1. The van der Waals surface area contributed by atoms with Gasteiger partial charge in [0.15, 0.2) is 0 Å². The summed E-state index contributed by atoms with van der Waals surface area (Å²) in [4.78, 5) is 4.71. The Morgan fingerprint density at radius 3 is 2.30 bits per heavy atom. The van der Waals surface area contributed by atoms with E-state index in [1.807, 2.05) is 0 Å². The van der Waals surface area contributed by atoms with Crippen molar-refractivity contribution in [1.82, 2.24) is 10.2 Å². The van der Waals surface area contributed by atoms with Gasteiger partial charge in [-0.25, -0.2) is 0 Å². The Labute approximate surface area is 147 Å². The van der Waals surface area contributed by atoms with Gasteiger partial charge in [0, 0.05) is 50.4 Å². The van der Waals surface area contributed by atoms with E-state index in [2.05, 4.69) is 93.7 Å². The van der Waals surface area contributed by atoms with Gasteiger partial charge in [-0.2, -0.15) is 0 Å². The number of piperazine rings is 1. The Morgan fingerprint density at radius 1 is 1.00 bits per heavy atom. The van der Waals surface area contributed by atoms with Crippen LogP contribution in [0.5, 0.6) is 0 Å². The van der Waals surface area contributed by atoms with E-state index in [9.17, 15) is 0 Å². The van der Waals surface area contributed by atoms with E-state index < -0.39 is 0 Å². The van der Waals surface area contributed by atoms with Crippen LogP contribution in [0.25, 0.3) is 0 Å². The molecule has 122 valence electrons. The van der Waals surface area contributed by atoms with Crippen LogP contribution in [0.2, 0.25) is 0 Å². The SMILES string of the molecule is CN(C)c1ccc(C(c2cccc(Br)c2)N2CCNCC2)cc1. The average molecular weight is 374 g/mol. The van der Waals surface area contributed by atoms with Crippen molar-refractivity contribution in [3.05, 3.63) is 64.1 Å². The highest BCUT2D eigenvalue weighted by Crippen LogP contribution is 2.31. The van der Waals surface area contributed by atoms with Crippen LogP contribution in [0.3, 0.4) is 0 Å². The lowest BCUT2D eigenvalue weighted by atomic mass is 9.96. The maximum atomic E-state index is 3.62. The molecular formula is C19H24BrN3. The molecule has 1 aliphatic rings. The third-order valence-corrected chi connectivity index (χ3v) is 4.90. The fourth-order valence-electron chi connectivity index (χ4n) is 3.19. The predicted octanol–water partition coefficient (Wildman–Crippen LogP) is 3.51. The molecule has 0 radical (unpaired) electrons. The molecule has 1 unspecified atom stereocenters. The summed E-state index contributed by atoms with van der Waals surface area (Å²) in [5.41, 5.74) is 3.94. The van der Waals surface area contributed by atoms with Crippen LogP contribution in [0.1, 0.15) is 17.2 Å². The summed E-state index contributed by atoms with van der Waals surface area (Å²) >= 11 is 3.62. The number of rotatable bonds is 4. The molecule has 1 saturated heterocycles. The molecule has 1 heterocycles. The van der Waals surface area contributed by atoms with Crippen LogP contribution in [-0.2, 0) is 0 Å². The first-order valence-corrected chi connectivity index (χ1v) is 8.92. The minimum absolute atomic E-state index is 0.311. The molecule has 1 aliphatic heterocycles. The van der Waals surface area contributed by atoms with Crippen LogP contribution < -0.4 is 10.2 Å². The summed E-state index contributed by atoms with van der Waals surface area (Å²) in [6.45, 7) is 4.26. The lowest BCUT2D eigenvalue weighted by Crippen LogP contribution is -2.45. The predicted molar refractivity (Wildman–Crippen MR) is 101 cm³/mol. The van der Waals surface area contributed by atoms with E-state index in [-0.39, 0.29) is 0 Å². The first-order valence-electron chi connectivity index (χ1n) is 8.12. The van der Waals surface area contributed by atoms with Crippen molar-refractivity contribution in [2.45, 2.75) is 6.04 Å². The molecule has 0 aliphatic carbocycles. The first kappa shape index (κ1) is 16.5. The molecular weight excluding hydrogens is 350 g/mol. The van der Waals surface area contributed by atoms with Gasteiger partial charge in [-0.1, -0.05) is 40.2 Å². The molecule has 2 aromatic carbocycles. The van der Waals surface area contributed by atoms with E-state index >= 15 is 0 Å². The number of hydrogen-bond donors (Lipinski definition) is 1. The molecule has 0 aromatic heterocycles. The average Bonchev–Trinajstić information content (AvgIpc) is 2.57. The second kappa shape index (κ2) is 7.47. The van der Waals surface area contributed by atoms with Gasteiger partial charge < -0.3 is 10.2 Å². The van der Waals surface area contributed by atoms with Crippen molar-refractivity contribution in [3.63, 3.8) is 0 Å². The molecule has 0 saturated carbocycles. The minimum Gasteiger partial charge on any atom is -0.378 e. The highest BCUT2D eigenvalue weighted by Gasteiger charge is 2.24. The number of benzene rings is 2. The van der Waals surface area contributed by atoms with Crippen molar-refractivity contribution in [2.75, 3.05) is 45.2 Å². The number of nitrogens with one attached hydrogen (secondary N) is 1. The molecule has 2 aromatic rings. The van der Waals surface area contributed by atoms with Crippen molar-refractivity contribution < 1.29 is 0 Å². The Balaban J connectivity index is 1.97. The van der Waals surface area contributed by atoms with E-state index in [0.717, 1.165) is 30.7 Å². The molecule has 1 fully saturated rings. The van der Waals surface area contributed by atoms with Crippen LogP contribution in [0.15, 0.2) is 53.0 Å².